The zero-order valence-electron chi connectivity index (χ0n) is 15.6. The molecule has 0 saturated carbocycles. The summed E-state index contributed by atoms with van der Waals surface area (Å²) in [6.07, 6.45) is 5.78. The van der Waals surface area contributed by atoms with Crippen LogP contribution in [0.5, 0.6) is 0 Å². The number of aryl methyl sites for hydroxylation is 6. The maximum absolute atomic E-state index is 7.17. The standard InChI is InChI=1S/3C5H8N2.BH3O3/c3*1-5-3-4-7(2)6-5;2-1(3)4/h3*3-4H,1-2H3;2-4H. The molecule has 138 valence electrons. The van der Waals surface area contributed by atoms with Crippen molar-refractivity contribution in [1.29, 1.82) is 0 Å². The lowest BCUT2D eigenvalue weighted by Gasteiger charge is -1.79. The van der Waals surface area contributed by atoms with Gasteiger partial charge in [0.15, 0.2) is 0 Å². The molecule has 3 rings (SSSR count). The largest absolute Gasteiger partial charge is 0.631 e. The van der Waals surface area contributed by atoms with Crippen molar-refractivity contribution >= 4 is 7.32 Å². The van der Waals surface area contributed by atoms with Gasteiger partial charge in [-0.25, -0.2) is 0 Å². The second-order valence-electron chi connectivity index (χ2n) is 5.24. The number of rotatable bonds is 0. The van der Waals surface area contributed by atoms with Crippen LogP contribution in [0.3, 0.4) is 0 Å². The Morgan fingerprint density at radius 2 is 0.840 bits per heavy atom. The molecule has 3 aromatic rings. The summed E-state index contributed by atoms with van der Waals surface area (Å²) in [5, 5.41) is 33.6. The molecule has 0 amide bonds. The highest BCUT2D eigenvalue weighted by molar-refractivity contribution is 6.30. The Morgan fingerprint density at radius 1 is 0.640 bits per heavy atom. The summed E-state index contributed by atoms with van der Waals surface area (Å²) < 4.78 is 5.36. The predicted molar refractivity (Wildman–Crippen MR) is 96.2 cm³/mol. The molecule has 10 heteroatoms. The normalized spacial score (nSPS) is 9.00. The Morgan fingerprint density at radius 3 is 0.880 bits per heavy atom. The second-order valence-corrected chi connectivity index (χ2v) is 5.24. The van der Waals surface area contributed by atoms with Crippen LogP contribution in [-0.2, 0) is 21.1 Å². The van der Waals surface area contributed by atoms with Gasteiger partial charge in [-0.05, 0) is 39.0 Å². The monoisotopic (exact) mass is 350 g/mol. The summed E-state index contributed by atoms with van der Waals surface area (Å²) in [7, 11) is 3.56. The minimum absolute atomic E-state index is 1.07. The van der Waals surface area contributed by atoms with Gasteiger partial charge >= 0.3 is 7.32 Å². The SMILES string of the molecule is Cc1ccn(C)n1.Cc1ccn(C)n1.Cc1ccn(C)n1.OB(O)O. The minimum Gasteiger partial charge on any atom is -0.402 e. The van der Waals surface area contributed by atoms with Gasteiger partial charge in [-0.3, -0.25) is 14.0 Å². The Labute approximate surface area is 148 Å². The van der Waals surface area contributed by atoms with Gasteiger partial charge in [-0.1, -0.05) is 0 Å². The first kappa shape index (κ1) is 22.6. The summed E-state index contributed by atoms with van der Waals surface area (Å²) in [5.74, 6) is 0. The van der Waals surface area contributed by atoms with Crippen molar-refractivity contribution in [2.75, 3.05) is 0 Å². The van der Waals surface area contributed by atoms with Crippen molar-refractivity contribution in [2.24, 2.45) is 21.1 Å². The van der Waals surface area contributed by atoms with Crippen LogP contribution < -0.4 is 0 Å². The molecule has 3 heterocycles. The van der Waals surface area contributed by atoms with E-state index >= 15 is 0 Å². The van der Waals surface area contributed by atoms with Crippen LogP contribution in [0.4, 0.5) is 0 Å². The Balaban J connectivity index is 0.000000314. The van der Waals surface area contributed by atoms with Crippen molar-refractivity contribution in [1.82, 2.24) is 29.3 Å². The van der Waals surface area contributed by atoms with Gasteiger partial charge < -0.3 is 15.1 Å². The molecule has 0 saturated heterocycles. The predicted octanol–water partition coefficient (Wildman–Crippen LogP) is 0.134. The fourth-order valence-electron chi connectivity index (χ4n) is 1.59. The maximum atomic E-state index is 7.17. The van der Waals surface area contributed by atoms with E-state index < -0.39 is 7.32 Å². The third kappa shape index (κ3) is 13.7. The van der Waals surface area contributed by atoms with Gasteiger partial charge in [-0.15, -0.1) is 0 Å². The summed E-state index contributed by atoms with van der Waals surface area (Å²) in [6, 6.07) is 5.92. The van der Waals surface area contributed by atoms with Crippen molar-refractivity contribution < 1.29 is 15.1 Å². The highest BCUT2D eigenvalue weighted by atomic mass is 16.5. The van der Waals surface area contributed by atoms with Crippen molar-refractivity contribution in [3.63, 3.8) is 0 Å². The number of hydrogen-bond donors (Lipinski definition) is 3. The maximum Gasteiger partial charge on any atom is 0.631 e. The zero-order valence-corrected chi connectivity index (χ0v) is 15.6. The first-order valence-corrected chi connectivity index (χ1v) is 7.53. The quantitative estimate of drug-likeness (QED) is 0.497. The number of hydrogen-bond acceptors (Lipinski definition) is 6. The molecule has 3 N–H and O–H groups in total. The highest BCUT2D eigenvalue weighted by Crippen LogP contribution is 1.88. The van der Waals surface area contributed by atoms with Gasteiger partial charge in [0.2, 0.25) is 0 Å². The molecule has 0 fully saturated rings. The van der Waals surface area contributed by atoms with Gasteiger partial charge in [-0.2, -0.15) is 15.3 Å². The fourth-order valence-corrected chi connectivity index (χ4v) is 1.59. The van der Waals surface area contributed by atoms with Gasteiger partial charge in [0.25, 0.3) is 0 Å². The topological polar surface area (TPSA) is 114 Å². The Bertz CT molecular complexity index is 564. The van der Waals surface area contributed by atoms with E-state index in [1.807, 2.05) is 78.7 Å². The van der Waals surface area contributed by atoms with E-state index in [4.69, 9.17) is 15.1 Å². The average Bonchev–Trinajstić information content (AvgIpc) is 3.15. The fraction of sp³-hybridized carbons (Fsp3) is 0.400. The van der Waals surface area contributed by atoms with E-state index in [9.17, 15) is 0 Å². The van der Waals surface area contributed by atoms with Crippen LogP contribution >= 0.6 is 0 Å². The third-order valence-electron chi connectivity index (χ3n) is 2.54. The molecular weight excluding hydrogens is 323 g/mol. The van der Waals surface area contributed by atoms with Crippen molar-refractivity contribution in [2.45, 2.75) is 20.8 Å². The van der Waals surface area contributed by atoms with Crippen LogP contribution in [0.2, 0.25) is 0 Å². The van der Waals surface area contributed by atoms with Crippen LogP contribution in [0.25, 0.3) is 0 Å². The Kier molecular flexibility index (Phi) is 10.8. The molecule has 9 nitrogen and oxygen atoms in total. The third-order valence-corrected chi connectivity index (χ3v) is 2.54. The average molecular weight is 350 g/mol. The lowest BCUT2D eigenvalue weighted by atomic mass is 10.3. The van der Waals surface area contributed by atoms with E-state index in [-0.39, 0.29) is 0 Å². The van der Waals surface area contributed by atoms with Gasteiger partial charge in [0.1, 0.15) is 0 Å². The Hall–Kier alpha value is -2.43. The molecule has 25 heavy (non-hydrogen) atoms. The summed E-state index contributed by atoms with van der Waals surface area (Å²) in [6.45, 7) is 5.92. The smallest absolute Gasteiger partial charge is 0.402 e. The molecule has 0 aliphatic carbocycles. The first-order valence-electron chi connectivity index (χ1n) is 7.53. The van der Waals surface area contributed by atoms with Crippen LogP contribution in [0.15, 0.2) is 36.8 Å². The van der Waals surface area contributed by atoms with Crippen molar-refractivity contribution in [3.8, 4) is 0 Å². The molecule has 0 unspecified atom stereocenters. The molecule has 0 aliphatic rings. The van der Waals surface area contributed by atoms with E-state index in [0.29, 0.717) is 0 Å². The van der Waals surface area contributed by atoms with E-state index in [2.05, 4.69) is 15.3 Å². The number of nitrogens with zero attached hydrogens (tertiary/aromatic N) is 6. The lowest BCUT2D eigenvalue weighted by Crippen LogP contribution is -2.07. The van der Waals surface area contributed by atoms with Crippen molar-refractivity contribution in [3.05, 3.63) is 53.9 Å². The molecule has 0 bridgehead atoms. The van der Waals surface area contributed by atoms with E-state index in [1.165, 1.54) is 0 Å². The van der Waals surface area contributed by atoms with Crippen LogP contribution in [0.1, 0.15) is 17.1 Å². The zero-order chi connectivity index (χ0) is 19.4. The molecule has 0 aliphatic heterocycles. The number of aromatic nitrogens is 6. The lowest BCUT2D eigenvalue weighted by molar-refractivity contribution is 0.278. The van der Waals surface area contributed by atoms with Gasteiger partial charge in [0.05, 0.1) is 17.1 Å². The van der Waals surface area contributed by atoms with Crippen LogP contribution in [-0.4, -0.2) is 51.7 Å². The highest BCUT2D eigenvalue weighted by Gasteiger charge is 1.92. The van der Waals surface area contributed by atoms with E-state index in [1.54, 1.807) is 14.0 Å². The van der Waals surface area contributed by atoms with Gasteiger partial charge in [0, 0.05) is 39.7 Å². The molecule has 0 radical (unpaired) electrons. The molecular formula is C15H27BN6O3. The molecule has 3 aromatic heterocycles. The van der Waals surface area contributed by atoms with E-state index in [0.717, 1.165) is 17.1 Å². The molecule has 0 spiro atoms. The minimum atomic E-state index is -2.17. The summed E-state index contributed by atoms with van der Waals surface area (Å²) in [4.78, 5) is 0. The summed E-state index contributed by atoms with van der Waals surface area (Å²) >= 11 is 0. The van der Waals surface area contributed by atoms with Crippen LogP contribution in [0, 0.1) is 20.8 Å². The second kappa shape index (κ2) is 12.0. The summed E-state index contributed by atoms with van der Waals surface area (Å²) in [5.41, 5.74) is 3.22. The molecule has 0 atom stereocenters. The first-order chi connectivity index (χ1) is 11.6. The molecule has 0 aromatic carbocycles.